The lowest BCUT2D eigenvalue weighted by Gasteiger charge is -2.24. The van der Waals surface area contributed by atoms with Crippen LogP contribution in [0.25, 0.3) is 0 Å². The van der Waals surface area contributed by atoms with Gasteiger partial charge >= 0.3 is 0 Å². The number of carbonyl (C=O) groups excluding carboxylic acids is 1. The Morgan fingerprint density at radius 2 is 2.27 bits per heavy atom. The summed E-state index contributed by atoms with van der Waals surface area (Å²) >= 11 is 1.71. The monoisotopic (exact) mass is 176 g/mol. The van der Waals surface area contributed by atoms with Gasteiger partial charge in [0.25, 0.3) is 0 Å². The first kappa shape index (κ1) is 10.8. The number of likely N-dealkylation sites (N-methyl/N-ethyl adjacent to an activating group) is 1. The fraction of sp³-hybridized carbons (Fsp3) is 0.857. The lowest BCUT2D eigenvalue weighted by Crippen LogP contribution is -2.51. The van der Waals surface area contributed by atoms with Crippen molar-refractivity contribution in [1.29, 1.82) is 0 Å². The van der Waals surface area contributed by atoms with Gasteiger partial charge in [-0.2, -0.15) is 11.8 Å². The molecule has 0 saturated carbocycles. The zero-order valence-electron chi connectivity index (χ0n) is 7.31. The van der Waals surface area contributed by atoms with Crippen LogP contribution in [0.2, 0.25) is 0 Å². The molecule has 1 atom stereocenters. The Labute approximate surface area is 72.1 Å². The average Bonchev–Trinajstić information content (AvgIpc) is 2.00. The van der Waals surface area contributed by atoms with Gasteiger partial charge in [-0.1, -0.05) is 0 Å². The van der Waals surface area contributed by atoms with E-state index in [1.54, 1.807) is 18.8 Å². The molecular formula is C7H16N2OS. The van der Waals surface area contributed by atoms with E-state index in [-0.39, 0.29) is 5.91 Å². The minimum atomic E-state index is -0.539. The van der Waals surface area contributed by atoms with Crippen molar-refractivity contribution in [2.24, 2.45) is 5.73 Å². The molecule has 1 amide bonds. The maximum Gasteiger partial charge on any atom is 0.237 e. The van der Waals surface area contributed by atoms with E-state index in [4.69, 9.17) is 5.73 Å². The third kappa shape index (κ3) is 3.12. The van der Waals surface area contributed by atoms with Crippen LogP contribution in [0.15, 0.2) is 0 Å². The molecule has 4 heteroatoms. The highest BCUT2D eigenvalue weighted by atomic mass is 32.2. The first-order valence-electron chi connectivity index (χ1n) is 3.54. The van der Waals surface area contributed by atoms with E-state index in [9.17, 15) is 4.79 Å². The van der Waals surface area contributed by atoms with Gasteiger partial charge in [-0.15, -0.1) is 0 Å². The first-order chi connectivity index (χ1) is 5.06. The number of rotatable bonds is 5. The molecule has 0 rings (SSSR count). The van der Waals surface area contributed by atoms with Gasteiger partial charge in [-0.25, -0.2) is 0 Å². The van der Waals surface area contributed by atoms with Gasteiger partial charge < -0.3 is 11.1 Å². The van der Waals surface area contributed by atoms with Crippen molar-refractivity contribution in [2.75, 3.05) is 19.1 Å². The Hall–Kier alpha value is -0.220. The maximum atomic E-state index is 10.9. The van der Waals surface area contributed by atoms with E-state index >= 15 is 0 Å². The van der Waals surface area contributed by atoms with E-state index in [2.05, 4.69) is 5.32 Å². The third-order valence-electron chi connectivity index (χ3n) is 1.90. The zero-order valence-corrected chi connectivity index (χ0v) is 8.12. The minimum absolute atomic E-state index is 0.283. The van der Waals surface area contributed by atoms with Crippen molar-refractivity contribution in [2.45, 2.75) is 18.9 Å². The van der Waals surface area contributed by atoms with Crippen molar-refractivity contribution in [3.05, 3.63) is 0 Å². The molecule has 1 unspecified atom stereocenters. The molecule has 0 bridgehead atoms. The molecule has 0 heterocycles. The molecule has 0 aliphatic rings. The second-order valence-electron chi connectivity index (χ2n) is 2.69. The molecule has 0 aliphatic carbocycles. The molecule has 0 aliphatic heterocycles. The topological polar surface area (TPSA) is 55.1 Å². The number of carbonyl (C=O) groups is 1. The van der Waals surface area contributed by atoms with E-state index in [1.165, 1.54) is 0 Å². The van der Waals surface area contributed by atoms with E-state index in [0.717, 1.165) is 12.2 Å². The Bertz CT molecular complexity index is 140. The van der Waals surface area contributed by atoms with Crippen LogP contribution < -0.4 is 11.1 Å². The summed E-state index contributed by atoms with van der Waals surface area (Å²) in [6.45, 7) is 1.82. The van der Waals surface area contributed by atoms with Gasteiger partial charge in [0.1, 0.15) is 0 Å². The summed E-state index contributed by atoms with van der Waals surface area (Å²) < 4.78 is 0. The van der Waals surface area contributed by atoms with Gasteiger partial charge in [0, 0.05) is 0 Å². The predicted octanol–water partition coefficient (Wildman–Crippen LogP) is 0.203. The Kier molecular flexibility index (Phi) is 4.52. The molecule has 0 radical (unpaired) electrons. The Morgan fingerprint density at radius 1 is 1.73 bits per heavy atom. The number of hydrogen-bond donors (Lipinski definition) is 2. The third-order valence-corrected chi connectivity index (χ3v) is 2.51. The second kappa shape index (κ2) is 4.62. The molecule has 0 saturated heterocycles. The molecule has 0 aromatic carbocycles. The van der Waals surface area contributed by atoms with Gasteiger partial charge in [-0.3, -0.25) is 4.79 Å². The van der Waals surface area contributed by atoms with Gasteiger partial charge in [0.2, 0.25) is 5.91 Å². The number of nitrogens with two attached hydrogens (primary N) is 1. The molecule has 3 nitrogen and oxygen atoms in total. The summed E-state index contributed by atoms with van der Waals surface area (Å²) in [6, 6.07) is 0. The number of amides is 1. The summed E-state index contributed by atoms with van der Waals surface area (Å²) in [5.41, 5.74) is 4.67. The van der Waals surface area contributed by atoms with Crippen molar-refractivity contribution in [1.82, 2.24) is 5.32 Å². The fourth-order valence-electron chi connectivity index (χ4n) is 0.678. The molecular weight excluding hydrogens is 160 g/mol. The largest absolute Gasteiger partial charge is 0.368 e. The van der Waals surface area contributed by atoms with Gasteiger partial charge in [-0.05, 0) is 32.4 Å². The lowest BCUT2D eigenvalue weighted by atomic mass is 9.99. The van der Waals surface area contributed by atoms with Gasteiger partial charge in [0.15, 0.2) is 0 Å². The van der Waals surface area contributed by atoms with Crippen LogP contribution in [-0.2, 0) is 4.79 Å². The summed E-state index contributed by atoms with van der Waals surface area (Å²) in [5, 5.41) is 2.92. The van der Waals surface area contributed by atoms with E-state index in [1.807, 2.05) is 13.2 Å². The standard InChI is InChI=1S/C7H16N2OS/c1-7(9-2,6(8)10)4-5-11-3/h9H,4-5H2,1-3H3,(H2,8,10). The Morgan fingerprint density at radius 3 is 2.55 bits per heavy atom. The summed E-state index contributed by atoms with van der Waals surface area (Å²) in [5.74, 6) is 0.661. The highest BCUT2D eigenvalue weighted by molar-refractivity contribution is 7.98. The van der Waals surface area contributed by atoms with Crippen molar-refractivity contribution in [3.63, 3.8) is 0 Å². The summed E-state index contributed by atoms with van der Waals surface area (Å²) in [6.07, 6.45) is 2.79. The minimum Gasteiger partial charge on any atom is -0.368 e. The number of hydrogen-bond acceptors (Lipinski definition) is 3. The maximum absolute atomic E-state index is 10.9. The molecule has 66 valence electrons. The van der Waals surface area contributed by atoms with Crippen LogP contribution in [0.3, 0.4) is 0 Å². The quantitative estimate of drug-likeness (QED) is 0.629. The first-order valence-corrected chi connectivity index (χ1v) is 4.94. The Balaban J connectivity index is 3.99. The van der Waals surface area contributed by atoms with Crippen molar-refractivity contribution < 1.29 is 4.79 Å². The molecule has 0 aromatic heterocycles. The van der Waals surface area contributed by atoms with Gasteiger partial charge in [0.05, 0.1) is 5.54 Å². The predicted molar refractivity (Wildman–Crippen MR) is 49.7 cm³/mol. The van der Waals surface area contributed by atoms with Crippen molar-refractivity contribution in [3.8, 4) is 0 Å². The van der Waals surface area contributed by atoms with Crippen LogP contribution in [0.5, 0.6) is 0 Å². The van der Waals surface area contributed by atoms with E-state index < -0.39 is 5.54 Å². The lowest BCUT2D eigenvalue weighted by molar-refractivity contribution is -0.123. The molecule has 0 spiro atoms. The van der Waals surface area contributed by atoms with Crippen LogP contribution in [-0.4, -0.2) is 30.5 Å². The number of nitrogens with one attached hydrogen (secondary N) is 1. The molecule has 0 fully saturated rings. The van der Waals surface area contributed by atoms with Crippen LogP contribution in [0.1, 0.15) is 13.3 Å². The molecule has 11 heavy (non-hydrogen) atoms. The number of thioether (sulfide) groups is 1. The summed E-state index contributed by atoms with van der Waals surface area (Å²) in [4.78, 5) is 10.9. The van der Waals surface area contributed by atoms with Crippen LogP contribution >= 0.6 is 11.8 Å². The van der Waals surface area contributed by atoms with Crippen molar-refractivity contribution >= 4 is 17.7 Å². The molecule has 0 aromatic rings. The van der Waals surface area contributed by atoms with Crippen LogP contribution in [0.4, 0.5) is 0 Å². The van der Waals surface area contributed by atoms with Crippen LogP contribution in [0, 0.1) is 0 Å². The number of primary amides is 1. The fourth-order valence-corrected chi connectivity index (χ4v) is 1.29. The highest BCUT2D eigenvalue weighted by Gasteiger charge is 2.27. The highest BCUT2D eigenvalue weighted by Crippen LogP contribution is 2.11. The normalized spacial score (nSPS) is 15.9. The second-order valence-corrected chi connectivity index (χ2v) is 3.67. The average molecular weight is 176 g/mol. The molecule has 3 N–H and O–H groups in total. The zero-order chi connectivity index (χ0) is 8.91. The smallest absolute Gasteiger partial charge is 0.237 e. The van der Waals surface area contributed by atoms with E-state index in [0.29, 0.717) is 0 Å². The summed E-state index contributed by atoms with van der Waals surface area (Å²) in [7, 11) is 1.76. The SMILES string of the molecule is CNC(C)(CCSC)C(N)=O.